The fourth-order valence-electron chi connectivity index (χ4n) is 1.42. The van der Waals surface area contributed by atoms with Crippen molar-refractivity contribution in [2.75, 3.05) is 0 Å². The average Bonchev–Trinajstić information content (AvgIpc) is 2.21. The van der Waals surface area contributed by atoms with E-state index in [2.05, 4.69) is 5.32 Å². The fraction of sp³-hybridized carbons (Fsp3) is 0.692. The van der Waals surface area contributed by atoms with Crippen molar-refractivity contribution in [3.63, 3.8) is 0 Å². The fourth-order valence-corrected chi connectivity index (χ4v) is 1.42. The molecule has 0 aliphatic heterocycles. The van der Waals surface area contributed by atoms with E-state index in [1.165, 1.54) is 0 Å². The molecular weight excluding hydrogens is 232 g/mol. The number of carbonyl (C=O) groups excluding carboxylic acids is 2. The molecule has 0 saturated heterocycles. The maximum absolute atomic E-state index is 11.6. The summed E-state index contributed by atoms with van der Waals surface area (Å²) >= 11 is 0. The number of primary amides is 1. The highest BCUT2D eigenvalue weighted by atomic mass is 16.3. The van der Waals surface area contributed by atoms with Crippen molar-refractivity contribution < 1.29 is 14.7 Å². The number of hydrogen-bond acceptors (Lipinski definition) is 3. The van der Waals surface area contributed by atoms with Gasteiger partial charge < -0.3 is 16.2 Å². The first kappa shape index (κ1) is 16.6. The van der Waals surface area contributed by atoms with Crippen LogP contribution in [-0.2, 0) is 9.59 Å². The summed E-state index contributed by atoms with van der Waals surface area (Å²) in [5.74, 6) is -0.942. The molecule has 0 fully saturated rings. The molecule has 0 spiro atoms. The molecule has 0 aromatic rings. The van der Waals surface area contributed by atoms with Gasteiger partial charge in [-0.1, -0.05) is 25.5 Å². The van der Waals surface area contributed by atoms with Crippen LogP contribution in [0.15, 0.2) is 11.6 Å². The second-order valence-electron chi connectivity index (χ2n) is 5.13. The van der Waals surface area contributed by atoms with Crippen molar-refractivity contribution in [2.24, 2.45) is 11.7 Å². The Hall–Kier alpha value is -1.36. The molecule has 0 unspecified atom stereocenters. The third-order valence-electron chi connectivity index (χ3n) is 2.42. The molecular formula is C13H24N2O3. The summed E-state index contributed by atoms with van der Waals surface area (Å²) in [6.45, 7) is 7.61. The molecule has 5 heteroatoms. The molecule has 0 bridgehead atoms. The van der Waals surface area contributed by atoms with E-state index < -0.39 is 24.0 Å². The topological polar surface area (TPSA) is 92.4 Å². The predicted molar refractivity (Wildman–Crippen MR) is 70.6 cm³/mol. The maximum atomic E-state index is 11.6. The van der Waals surface area contributed by atoms with Crippen LogP contribution in [0, 0.1) is 5.92 Å². The average molecular weight is 256 g/mol. The van der Waals surface area contributed by atoms with E-state index in [9.17, 15) is 14.7 Å². The number of carbonyl (C=O) groups is 2. The Bertz CT molecular complexity index is 320. The Morgan fingerprint density at radius 2 is 1.89 bits per heavy atom. The van der Waals surface area contributed by atoms with Crippen molar-refractivity contribution in [1.82, 2.24) is 5.32 Å². The van der Waals surface area contributed by atoms with Crippen LogP contribution in [0.5, 0.6) is 0 Å². The van der Waals surface area contributed by atoms with Crippen LogP contribution in [0.3, 0.4) is 0 Å². The first-order valence-electron chi connectivity index (χ1n) is 6.15. The van der Waals surface area contributed by atoms with Crippen LogP contribution >= 0.6 is 0 Å². The van der Waals surface area contributed by atoms with Crippen molar-refractivity contribution in [2.45, 2.75) is 52.7 Å². The molecule has 2 atom stereocenters. The quantitative estimate of drug-likeness (QED) is 0.586. The molecule has 0 aromatic heterocycles. The minimum absolute atomic E-state index is 0.204. The molecule has 2 amide bonds. The van der Waals surface area contributed by atoms with E-state index in [1.807, 2.05) is 33.8 Å². The molecule has 0 aliphatic carbocycles. The number of hydrogen-bond donors (Lipinski definition) is 3. The van der Waals surface area contributed by atoms with Gasteiger partial charge in [0.15, 0.2) is 0 Å². The molecule has 0 saturated carbocycles. The van der Waals surface area contributed by atoms with E-state index in [0.717, 1.165) is 5.57 Å². The van der Waals surface area contributed by atoms with Gasteiger partial charge in [0.2, 0.25) is 11.8 Å². The highest BCUT2D eigenvalue weighted by Crippen LogP contribution is 2.05. The van der Waals surface area contributed by atoms with Gasteiger partial charge in [0.25, 0.3) is 0 Å². The highest BCUT2D eigenvalue weighted by Gasteiger charge is 2.22. The summed E-state index contributed by atoms with van der Waals surface area (Å²) in [6.07, 6.45) is 1.43. The lowest BCUT2D eigenvalue weighted by atomic mass is 10.0. The third kappa shape index (κ3) is 7.06. The monoisotopic (exact) mass is 256 g/mol. The number of allylic oxidation sites excluding steroid dienone is 1. The van der Waals surface area contributed by atoms with Crippen molar-refractivity contribution >= 4 is 11.8 Å². The van der Waals surface area contributed by atoms with E-state index >= 15 is 0 Å². The maximum Gasteiger partial charge on any atom is 0.249 e. The zero-order chi connectivity index (χ0) is 14.3. The number of aliphatic hydroxyl groups excluding tert-OH is 1. The van der Waals surface area contributed by atoms with E-state index in [1.54, 1.807) is 0 Å². The number of amides is 2. The molecule has 4 N–H and O–H groups in total. The van der Waals surface area contributed by atoms with Gasteiger partial charge in [-0.25, -0.2) is 0 Å². The zero-order valence-corrected chi connectivity index (χ0v) is 11.6. The van der Waals surface area contributed by atoms with Gasteiger partial charge in [0.05, 0.1) is 0 Å². The molecule has 0 rings (SSSR count). The molecule has 0 radical (unpaired) electrons. The van der Waals surface area contributed by atoms with E-state index in [-0.39, 0.29) is 5.92 Å². The number of nitrogens with one attached hydrogen (secondary N) is 1. The first-order chi connectivity index (χ1) is 8.23. The van der Waals surface area contributed by atoms with E-state index in [0.29, 0.717) is 12.8 Å². The summed E-state index contributed by atoms with van der Waals surface area (Å²) in [4.78, 5) is 22.8. The summed E-state index contributed by atoms with van der Waals surface area (Å²) in [6, 6.07) is -0.769. The van der Waals surface area contributed by atoms with E-state index in [4.69, 9.17) is 5.73 Å². The van der Waals surface area contributed by atoms with Crippen LogP contribution in [0.4, 0.5) is 0 Å². The Labute approximate surface area is 108 Å². The van der Waals surface area contributed by atoms with Gasteiger partial charge in [-0.2, -0.15) is 0 Å². The SMILES string of the molecule is CC(C)=CC[C@H](NC(=O)[C@@H](O)CC(C)C)C(N)=O. The Kier molecular flexibility index (Phi) is 7.27. The summed E-state index contributed by atoms with van der Waals surface area (Å²) in [7, 11) is 0. The lowest BCUT2D eigenvalue weighted by Gasteiger charge is -2.18. The lowest BCUT2D eigenvalue weighted by molar-refractivity contribution is -0.133. The molecule has 0 aliphatic rings. The van der Waals surface area contributed by atoms with Crippen LogP contribution < -0.4 is 11.1 Å². The van der Waals surface area contributed by atoms with Crippen molar-refractivity contribution in [3.8, 4) is 0 Å². The minimum Gasteiger partial charge on any atom is -0.383 e. The number of rotatable bonds is 7. The summed E-state index contributed by atoms with van der Waals surface area (Å²) < 4.78 is 0. The standard InChI is InChI=1S/C13H24N2O3/c1-8(2)5-6-10(12(14)17)15-13(18)11(16)7-9(3)4/h5,9-11,16H,6-7H2,1-4H3,(H2,14,17)(H,15,18)/t10-,11-/m0/s1. The lowest BCUT2D eigenvalue weighted by Crippen LogP contribution is -2.48. The van der Waals surface area contributed by atoms with Gasteiger partial charge in [-0.05, 0) is 32.6 Å². The molecule has 0 aromatic carbocycles. The third-order valence-corrected chi connectivity index (χ3v) is 2.42. The van der Waals surface area contributed by atoms with Crippen molar-refractivity contribution in [3.05, 3.63) is 11.6 Å². The van der Waals surface area contributed by atoms with Gasteiger partial charge in [0, 0.05) is 0 Å². The Balaban J connectivity index is 4.45. The molecule has 5 nitrogen and oxygen atoms in total. The zero-order valence-electron chi connectivity index (χ0n) is 11.6. The van der Waals surface area contributed by atoms with Crippen LogP contribution in [0.1, 0.15) is 40.5 Å². The smallest absolute Gasteiger partial charge is 0.249 e. The number of nitrogens with two attached hydrogens (primary N) is 1. The highest BCUT2D eigenvalue weighted by molar-refractivity contribution is 5.88. The Morgan fingerprint density at radius 1 is 1.33 bits per heavy atom. The first-order valence-corrected chi connectivity index (χ1v) is 6.15. The number of aliphatic hydroxyl groups is 1. The minimum atomic E-state index is -1.10. The summed E-state index contributed by atoms with van der Waals surface area (Å²) in [5.41, 5.74) is 6.25. The Morgan fingerprint density at radius 3 is 2.28 bits per heavy atom. The van der Waals surface area contributed by atoms with Gasteiger partial charge in [0.1, 0.15) is 12.1 Å². The second kappa shape index (κ2) is 7.87. The largest absolute Gasteiger partial charge is 0.383 e. The van der Waals surface area contributed by atoms with Gasteiger partial charge in [-0.3, -0.25) is 9.59 Å². The molecule has 0 heterocycles. The van der Waals surface area contributed by atoms with Crippen LogP contribution in [-0.4, -0.2) is 29.1 Å². The van der Waals surface area contributed by atoms with Crippen LogP contribution in [0.2, 0.25) is 0 Å². The molecule has 18 heavy (non-hydrogen) atoms. The predicted octanol–water partition coefficient (Wildman–Crippen LogP) is 0.720. The van der Waals surface area contributed by atoms with Gasteiger partial charge >= 0.3 is 0 Å². The molecule has 104 valence electrons. The van der Waals surface area contributed by atoms with Crippen molar-refractivity contribution in [1.29, 1.82) is 0 Å². The summed E-state index contributed by atoms with van der Waals surface area (Å²) in [5, 5.41) is 12.1. The normalized spacial score (nSPS) is 13.9. The van der Waals surface area contributed by atoms with Gasteiger partial charge in [-0.15, -0.1) is 0 Å². The second-order valence-corrected chi connectivity index (χ2v) is 5.13. The van der Waals surface area contributed by atoms with Crippen LogP contribution in [0.25, 0.3) is 0 Å².